The van der Waals surface area contributed by atoms with Gasteiger partial charge in [0.2, 0.25) is 0 Å². The number of hydrogen-bond acceptors (Lipinski definition) is 4. The highest BCUT2D eigenvalue weighted by Gasteiger charge is 2.10. The van der Waals surface area contributed by atoms with Gasteiger partial charge in [0.25, 0.3) is 0 Å². The van der Waals surface area contributed by atoms with Crippen molar-refractivity contribution < 1.29 is 4.74 Å². The molecule has 0 bridgehead atoms. The van der Waals surface area contributed by atoms with E-state index in [1.54, 1.807) is 7.11 Å². The van der Waals surface area contributed by atoms with E-state index in [0.29, 0.717) is 0 Å². The molecule has 0 spiro atoms. The maximum Gasteiger partial charge on any atom is 0.0831 e. The van der Waals surface area contributed by atoms with Crippen LogP contribution in [0.1, 0.15) is 29.6 Å². The molecule has 0 saturated carbocycles. The zero-order chi connectivity index (χ0) is 15.2. The number of methoxy groups -OCH3 is 1. The van der Waals surface area contributed by atoms with E-state index in [2.05, 4.69) is 35.4 Å². The standard InChI is InChI=1S/C15H25N5O/c1-5-19-15(8-12(2)18-19)11-20-13(3)14(10-17-20)9-16-6-7-21-4/h8,10,16H,5-7,9,11H2,1-4H3. The highest BCUT2D eigenvalue weighted by atomic mass is 16.5. The molecular weight excluding hydrogens is 266 g/mol. The summed E-state index contributed by atoms with van der Waals surface area (Å²) in [6.07, 6.45) is 1.94. The van der Waals surface area contributed by atoms with Gasteiger partial charge >= 0.3 is 0 Å². The summed E-state index contributed by atoms with van der Waals surface area (Å²) in [5, 5.41) is 12.3. The molecule has 2 heterocycles. The molecule has 2 aromatic rings. The van der Waals surface area contributed by atoms with Crippen LogP contribution in [0.2, 0.25) is 0 Å². The first-order valence-corrected chi connectivity index (χ1v) is 7.40. The van der Waals surface area contributed by atoms with Crippen LogP contribution in [0.5, 0.6) is 0 Å². The predicted molar refractivity (Wildman–Crippen MR) is 82.3 cm³/mol. The predicted octanol–water partition coefficient (Wildman–Crippen LogP) is 1.50. The van der Waals surface area contributed by atoms with Crippen LogP contribution in [0, 0.1) is 13.8 Å². The Morgan fingerprint density at radius 1 is 1.29 bits per heavy atom. The molecule has 0 atom stereocenters. The summed E-state index contributed by atoms with van der Waals surface area (Å²) in [5.74, 6) is 0. The summed E-state index contributed by atoms with van der Waals surface area (Å²) >= 11 is 0. The third-order valence-electron chi connectivity index (χ3n) is 3.60. The van der Waals surface area contributed by atoms with Gasteiger partial charge in [-0.1, -0.05) is 0 Å². The molecule has 116 valence electrons. The van der Waals surface area contributed by atoms with Crippen molar-refractivity contribution in [1.29, 1.82) is 0 Å². The molecule has 0 fully saturated rings. The third kappa shape index (κ3) is 3.92. The first-order valence-electron chi connectivity index (χ1n) is 7.40. The van der Waals surface area contributed by atoms with Gasteiger partial charge in [-0.3, -0.25) is 9.36 Å². The van der Waals surface area contributed by atoms with Crippen molar-refractivity contribution in [2.45, 2.75) is 40.4 Å². The fraction of sp³-hybridized carbons (Fsp3) is 0.600. The summed E-state index contributed by atoms with van der Waals surface area (Å²) < 4.78 is 9.10. The van der Waals surface area contributed by atoms with E-state index in [1.165, 1.54) is 17.0 Å². The quantitative estimate of drug-likeness (QED) is 0.749. The zero-order valence-electron chi connectivity index (χ0n) is 13.4. The van der Waals surface area contributed by atoms with Gasteiger partial charge in [-0.15, -0.1) is 0 Å². The molecule has 0 aromatic carbocycles. The summed E-state index contributed by atoms with van der Waals surface area (Å²) in [7, 11) is 1.71. The van der Waals surface area contributed by atoms with Crippen LogP contribution < -0.4 is 5.32 Å². The lowest BCUT2D eigenvalue weighted by Crippen LogP contribution is -2.19. The van der Waals surface area contributed by atoms with Gasteiger partial charge in [0.05, 0.1) is 30.7 Å². The van der Waals surface area contributed by atoms with E-state index >= 15 is 0 Å². The highest BCUT2D eigenvalue weighted by Crippen LogP contribution is 2.11. The second-order valence-corrected chi connectivity index (χ2v) is 5.18. The molecule has 2 aromatic heterocycles. The lowest BCUT2D eigenvalue weighted by Gasteiger charge is -2.08. The summed E-state index contributed by atoms with van der Waals surface area (Å²) in [4.78, 5) is 0. The van der Waals surface area contributed by atoms with Gasteiger partial charge in [-0.25, -0.2) is 0 Å². The first kappa shape index (κ1) is 15.7. The van der Waals surface area contributed by atoms with E-state index in [4.69, 9.17) is 4.74 Å². The Balaban J connectivity index is 2.02. The average Bonchev–Trinajstić information content (AvgIpc) is 3.00. The van der Waals surface area contributed by atoms with Crippen LogP contribution in [0.25, 0.3) is 0 Å². The molecule has 1 N–H and O–H groups in total. The van der Waals surface area contributed by atoms with E-state index < -0.39 is 0 Å². The summed E-state index contributed by atoms with van der Waals surface area (Å²) in [6.45, 7) is 10.3. The SMILES string of the molecule is CCn1nc(C)cc1Cn1ncc(CNCCOC)c1C. The van der Waals surface area contributed by atoms with Crippen molar-refractivity contribution in [1.82, 2.24) is 24.9 Å². The molecule has 0 aliphatic rings. The number of nitrogens with one attached hydrogen (secondary N) is 1. The maximum absolute atomic E-state index is 5.03. The Labute approximate surface area is 126 Å². The van der Waals surface area contributed by atoms with Crippen molar-refractivity contribution in [3.8, 4) is 0 Å². The number of hydrogen-bond donors (Lipinski definition) is 1. The Hall–Kier alpha value is -1.66. The van der Waals surface area contributed by atoms with Crippen molar-refractivity contribution in [2.75, 3.05) is 20.3 Å². The summed E-state index contributed by atoms with van der Waals surface area (Å²) in [5.41, 5.74) is 4.67. The van der Waals surface area contributed by atoms with Crippen LogP contribution in [-0.2, 0) is 24.4 Å². The smallest absolute Gasteiger partial charge is 0.0831 e. The lowest BCUT2D eigenvalue weighted by atomic mass is 10.2. The molecule has 0 radical (unpaired) electrons. The van der Waals surface area contributed by atoms with Crippen molar-refractivity contribution in [2.24, 2.45) is 0 Å². The second kappa shape index (κ2) is 7.38. The van der Waals surface area contributed by atoms with Crippen LogP contribution >= 0.6 is 0 Å². The Bertz CT molecular complexity index is 573. The van der Waals surface area contributed by atoms with Crippen molar-refractivity contribution in [3.63, 3.8) is 0 Å². The topological polar surface area (TPSA) is 56.9 Å². The van der Waals surface area contributed by atoms with Crippen molar-refractivity contribution >= 4 is 0 Å². The number of aromatic nitrogens is 4. The minimum Gasteiger partial charge on any atom is -0.383 e. The van der Waals surface area contributed by atoms with E-state index in [-0.39, 0.29) is 0 Å². The number of nitrogens with zero attached hydrogens (tertiary/aromatic N) is 4. The lowest BCUT2D eigenvalue weighted by molar-refractivity contribution is 0.199. The molecule has 6 nitrogen and oxygen atoms in total. The average molecular weight is 291 g/mol. The Kier molecular flexibility index (Phi) is 5.52. The van der Waals surface area contributed by atoms with Gasteiger partial charge in [0.15, 0.2) is 0 Å². The van der Waals surface area contributed by atoms with Crippen LogP contribution in [-0.4, -0.2) is 39.8 Å². The molecule has 0 amide bonds. The molecule has 2 rings (SSSR count). The number of ether oxygens (including phenoxy) is 1. The fourth-order valence-corrected chi connectivity index (χ4v) is 2.37. The molecule has 0 aliphatic heterocycles. The molecule has 0 saturated heterocycles. The van der Waals surface area contributed by atoms with E-state index in [1.807, 2.05) is 22.5 Å². The highest BCUT2D eigenvalue weighted by molar-refractivity contribution is 5.18. The van der Waals surface area contributed by atoms with Crippen molar-refractivity contribution in [3.05, 3.63) is 34.9 Å². The summed E-state index contributed by atoms with van der Waals surface area (Å²) in [6, 6.07) is 2.13. The third-order valence-corrected chi connectivity index (χ3v) is 3.60. The van der Waals surface area contributed by atoms with Gasteiger partial charge in [0.1, 0.15) is 0 Å². The molecule has 6 heteroatoms. The Morgan fingerprint density at radius 2 is 2.10 bits per heavy atom. The van der Waals surface area contributed by atoms with Gasteiger partial charge in [-0.2, -0.15) is 10.2 Å². The van der Waals surface area contributed by atoms with Crippen LogP contribution in [0.15, 0.2) is 12.3 Å². The first-order chi connectivity index (χ1) is 10.2. The van der Waals surface area contributed by atoms with Crippen LogP contribution in [0.3, 0.4) is 0 Å². The maximum atomic E-state index is 5.03. The fourth-order valence-electron chi connectivity index (χ4n) is 2.37. The number of aryl methyl sites for hydroxylation is 2. The zero-order valence-corrected chi connectivity index (χ0v) is 13.4. The monoisotopic (exact) mass is 291 g/mol. The molecule has 21 heavy (non-hydrogen) atoms. The second-order valence-electron chi connectivity index (χ2n) is 5.18. The van der Waals surface area contributed by atoms with E-state index in [9.17, 15) is 0 Å². The van der Waals surface area contributed by atoms with E-state index in [0.717, 1.165) is 38.5 Å². The van der Waals surface area contributed by atoms with Crippen LogP contribution in [0.4, 0.5) is 0 Å². The normalized spacial score (nSPS) is 11.2. The molecule has 0 aliphatic carbocycles. The molecular formula is C15H25N5O. The molecule has 0 unspecified atom stereocenters. The largest absolute Gasteiger partial charge is 0.383 e. The van der Waals surface area contributed by atoms with Gasteiger partial charge in [0, 0.05) is 38.0 Å². The van der Waals surface area contributed by atoms with Gasteiger partial charge in [-0.05, 0) is 26.8 Å². The Morgan fingerprint density at radius 3 is 2.81 bits per heavy atom. The number of rotatable bonds is 8. The van der Waals surface area contributed by atoms with Gasteiger partial charge < -0.3 is 10.1 Å². The minimum absolute atomic E-state index is 0.724. The minimum atomic E-state index is 0.724.